The van der Waals surface area contributed by atoms with Crippen molar-refractivity contribution in [2.75, 3.05) is 6.54 Å². The monoisotopic (exact) mass is 294 g/mol. The number of thiazole rings is 1. The van der Waals surface area contributed by atoms with E-state index in [2.05, 4.69) is 33.0 Å². The van der Waals surface area contributed by atoms with Gasteiger partial charge in [-0.05, 0) is 45.6 Å². The molecule has 0 radical (unpaired) electrons. The fourth-order valence-corrected chi connectivity index (χ4v) is 4.59. The average Bonchev–Trinajstić information content (AvgIpc) is 2.87. The molecule has 114 valence electrons. The maximum atomic E-state index is 4.91. The maximum absolute atomic E-state index is 4.91. The first-order valence-corrected chi connectivity index (χ1v) is 9.17. The summed E-state index contributed by atoms with van der Waals surface area (Å²) >= 11 is 1.96. The molecular formula is C17H30N2S. The van der Waals surface area contributed by atoms with Crippen molar-refractivity contribution in [1.82, 2.24) is 10.3 Å². The van der Waals surface area contributed by atoms with E-state index in [0.717, 1.165) is 18.4 Å². The Morgan fingerprint density at radius 1 is 1.35 bits per heavy atom. The highest BCUT2D eigenvalue weighted by Gasteiger charge is 2.26. The lowest BCUT2D eigenvalue weighted by atomic mass is 9.80. The largest absolute Gasteiger partial charge is 0.309 e. The van der Waals surface area contributed by atoms with E-state index in [4.69, 9.17) is 4.98 Å². The van der Waals surface area contributed by atoms with Gasteiger partial charge in [0, 0.05) is 16.8 Å². The van der Waals surface area contributed by atoms with Gasteiger partial charge in [-0.25, -0.2) is 4.98 Å². The molecule has 2 rings (SSSR count). The maximum Gasteiger partial charge on any atom is 0.0962 e. The summed E-state index contributed by atoms with van der Waals surface area (Å²) in [6.45, 7) is 10.1. The zero-order valence-corrected chi connectivity index (χ0v) is 14.4. The minimum atomic E-state index is 0.451. The minimum absolute atomic E-state index is 0.451. The Labute approximate surface area is 128 Å². The lowest BCUT2D eigenvalue weighted by Gasteiger charge is -2.26. The van der Waals surface area contributed by atoms with Crippen LogP contribution in [-0.4, -0.2) is 11.5 Å². The first-order chi connectivity index (χ1) is 9.65. The lowest BCUT2D eigenvalue weighted by Crippen LogP contribution is -2.18. The summed E-state index contributed by atoms with van der Waals surface area (Å²) in [4.78, 5) is 6.36. The SMILES string of the molecule is CCCNC(C)c1sc(C2CCCC(CC)C2)nc1C. The van der Waals surface area contributed by atoms with Crippen LogP contribution in [0, 0.1) is 12.8 Å². The lowest BCUT2D eigenvalue weighted by molar-refractivity contribution is 0.314. The van der Waals surface area contributed by atoms with E-state index in [-0.39, 0.29) is 0 Å². The van der Waals surface area contributed by atoms with Crippen LogP contribution in [0.25, 0.3) is 0 Å². The Morgan fingerprint density at radius 2 is 2.15 bits per heavy atom. The molecule has 20 heavy (non-hydrogen) atoms. The predicted molar refractivity (Wildman–Crippen MR) is 88.5 cm³/mol. The second kappa shape index (κ2) is 7.56. The summed E-state index contributed by atoms with van der Waals surface area (Å²) in [5.74, 6) is 1.65. The van der Waals surface area contributed by atoms with E-state index in [1.54, 1.807) is 0 Å². The van der Waals surface area contributed by atoms with Crippen molar-refractivity contribution in [2.24, 2.45) is 5.92 Å². The molecule has 1 heterocycles. The third kappa shape index (κ3) is 3.82. The molecule has 0 amide bonds. The summed E-state index contributed by atoms with van der Waals surface area (Å²) in [6.07, 6.45) is 8.05. The van der Waals surface area contributed by atoms with E-state index >= 15 is 0 Å². The van der Waals surface area contributed by atoms with Gasteiger partial charge in [0.25, 0.3) is 0 Å². The standard InChI is InChI=1S/C17H30N2S/c1-5-10-18-12(3)16-13(4)19-17(20-16)15-9-7-8-14(6-2)11-15/h12,14-15,18H,5-11H2,1-4H3. The molecule has 1 saturated carbocycles. The number of nitrogens with zero attached hydrogens (tertiary/aromatic N) is 1. The van der Waals surface area contributed by atoms with Crippen LogP contribution < -0.4 is 5.32 Å². The van der Waals surface area contributed by atoms with Crippen molar-refractivity contribution < 1.29 is 0 Å². The van der Waals surface area contributed by atoms with Gasteiger partial charge in [-0.2, -0.15) is 0 Å². The Balaban J connectivity index is 2.06. The van der Waals surface area contributed by atoms with Crippen LogP contribution in [0.3, 0.4) is 0 Å². The molecule has 0 bridgehead atoms. The molecule has 1 aromatic heterocycles. The van der Waals surface area contributed by atoms with Crippen molar-refractivity contribution >= 4 is 11.3 Å². The van der Waals surface area contributed by atoms with Crippen molar-refractivity contribution in [3.05, 3.63) is 15.6 Å². The Kier molecular flexibility index (Phi) is 6.03. The summed E-state index contributed by atoms with van der Waals surface area (Å²) in [6, 6.07) is 0.451. The number of hydrogen-bond donors (Lipinski definition) is 1. The fourth-order valence-electron chi connectivity index (χ4n) is 3.35. The van der Waals surface area contributed by atoms with Crippen LogP contribution in [-0.2, 0) is 0 Å². The Hall–Kier alpha value is -0.410. The molecule has 1 aliphatic carbocycles. The van der Waals surface area contributed by atoms with Gasteiger partial charge in [0.05, 0.1) is 10.7 Å². The quantitative estimate of drug-likeness (QED) is 0.780. The first-order valence-electron chi connectivity index (χ1n) is 8.36. The van der Waals surface area contributed by atoms with Crippen molar-refractivity contribution in [3.63, 3.8) is 0 Å². The molecule has 2 nitrogen and oxygen atoms in total. The highest BCUT2D eigenvalue weighted by molar-refractivity contribution is 7.11. The number of aromatic nitrogens is 1. The second-order valence-electron chi connectivity index (χ2n) is 6.32. The van der Waals surface area contributed by atoms with Crippen molar-refractivity contribution in [2.45, 2.75) is 78.2 Å². The highest BCUT2D eigenvalue weighted by Crippen LogP contribution is 2.40. The smallest absolute Gasteiger partial charge is 0.0962 e. The molecular weight excluding hydrogens is 264 g/mol. The molecule has 3 unspecified atom stereocenters. The van der Waals surface area contributed by atoms with E-state index in [1.165, 1.54) is 54.1 Å². The summed E-state index contributed by atoms with van der Waals surface area (Å²) in [5, 5.41) is 5.00. The molecule has 1 N–H and O–H groups in total. The molecule has 0 saturated heterocycles. The molecule has 0 spiro atoms. The van der Waals surface area contributed by atoms with Crippen LogP contribution >= 0.6 is 11.3 Å². The zero-order valence-electron chi connectivity index (χ0n) is 13.5. The predicted octanol–water partition coefficient (Wildman–Crippen LogP) is 5.20. The molecule has 0 aliphatic heterocycles. The van der Waals surface area contributed by atoms with Gasteiger partial charge >= 0.3 is 0 Å². The normalized spacial score (nSPS) is 24.8. The van der Waals surface area contributed by atoms with E-state index in [9.17, 15) is 0 Å². The van der Waals surface area contributed by atoms with Crippen LogP contribution in [0.2, 0.25) is 0 Å². The third-order valence-electron chi connectivity index (χ3n) is 4.65. The summed E-state index contributed by atoms with van der Waals surface area (Å²) in [5.41, 5.74) is 1.25. The average molecular weight is 295 g/mol. The van der Waals surface area contributed by atoms with Gasteiger partial charge in [-0.1, -0.05) is 33.1 Å². The van der Waals surface area contributed by atoms with Crippen LogP contribution in [0.5, 0.6) is 0 Å². The van der Waals surface area contributed by atoms with Gasteiger partial charge in [-0.15, -0.1) is 11.3 Å². The van der Waals surface area contributed by atoms with E-state index in [1.807, 2.05) is 11.3 Å². The molecule has 3 atom stereocenters. The highest BCUT2D eigenvalue weighted by atomic mass is 32.1. The molecule has 1 aliphatic rings. The van der Waals surface area contributed by atoms with Crippen molar-refractivity contribution in [1.29, 1.82) is 0 Å². The first kappa shape index (κ1) is 16.0. The molecule has 1 aromatic rings. The van der Waals surface area contributed by atoms with Gasteiger partial charge in [0.2, 0.25) is 0 Å². The minimum Gasteiger partial charge on any atom is -0.309 e. The third-order valence-corrected chi connectivity index (χ3v) is 6.15. The van der Waals surface area contributed by atoms with E-state index < -0.39 is 0 Å². The van der Waals surface area contributed by atoms with Crippen LogP contribution in [0.1, 0.15) is 86.8 Å². The van der Waals surface area contributed by atoms with Gasteiger partial charge in [0.1, 0.15) is 0 Å². The Bertz CT molecular complexity index is 413. The summed E-state index contributed by atoms with van der Waals surface area (Å²) in [7, 11) is 0. The fraction of sp³-hybridized carbons (Fsp3) is 0.824. The Morgan fingerprint density at radius 3 is 2.85 bits per heavy atom. The van der Waals surface area contributed by atoms with Gasteiger partial charge < -0.3 is 5.32 Å². The second-order valence-corrected chi connectivity index (χ2v) is 7.38. The number of rotatable bonds is 6. The number of nitrogens with one attached hydrogen (secondary N) is 1. The zero-order chi connectivity index (χ0) is 14.5. The number of hydrogen-bond acceptors (Lipinski definition) is 3. The van der Waals surface area contributed by atoms with Crippen LogP contribution in [0.15, 0.2) is 0 Å². The van der Waals surface area contributed by atoms with Crippen LogP contribution in [0.4, 0.5) is 0 Å². The molecule has 0 aromatic carbocycles. The summed E-state index contributed by atoms with van der Waals surface area (Å²) < 4.78 is 0. The van der Waals surface area contributed by atoms with Gasteiger partial charge in [0.15, 0.2) is 0 Å². The van der Waals surface area contributed by atoms with E-state index in [0.29, 0.717) is 6.04 Å². The van der Waals surface area contributed by atoms with Crippen molar-refractivity contribution in [3.8, 4) is 0 Å². The van der Waals surface area contributed by atoms with Gasteiger partial charge in [-0.3, -0.25) is 0 Å². The molecule has 3 heteroatoms. The molecule has 1 fully saturated rings. The topological polar surface area (TPSA) is 24.9 Å². The number of aryl methyl sites for hydroxylation is 1.